The zero-order valence-corrected chi connectivity index (χ0v) is 16.2. The number of aliphatic imine (C=N–C) groups is 1. The predicted octanol–water partition coefficient (Wildman–Crippen LogP) is 0.214. The quantitative estimate of drug-likeness (QED) is 0.377. The molecule has 3 saturated heterocycles. The van der Waals surface area contributed by atoms with Crippen LogP contribution in [0, 0.1) is 11.8 Å². The van der Waals surface area contributed by atoms with Gasteiger partial charge in [0.25, 0.3) is 5.91 Å². The first kappa shape index (κ1) is 18.9. The van der Waals surface area contributed by atoms with Crippen molar-refractivity contribution in [2.75, 3.05) is 46.3 Å². The molecule has 26 heavy (non-hydrogen) atoms. The number of imide groups is 1. The fourth-order valence-corrected chi connectivity index (χ4v) is 4.33. The van der Waals surface area contributed by atoms with Crippen molar-refractivity contribution in [1.29, 1.82) is 0 Å². The number of piperidine rings is 1. The summed E-state index contributed by atoms with van der Waals surface area (Å²) in [4.78, 5) is 33.2. The lowest BCUT2D eigenvalue weighted by atomic mass is 9.79. The number of likely N-dealkylation sites (tertiary alicyclic amines) is 2. The van der Waals surface area contributed by atoms with Crippen molar-refractivity contribution >= 4 is 17.9 Å². The molecule has 0 spiro atoms. The lowest BCUT2D eigenvalue weighted by molar-refractivity contribution is -0.125. The van der Waals surface area contributed by atoms with Crippen LogP contribution in [0.25, 0.3) is 0 Å². The number of amides is 3. The van der Waals surface area contributed by atoms with Crippen LogP contribution in [0.15, 0.2) is 4.99 Å². The molecule has 0 aromatic heterocycles. The third-order valence-electron chi connectivity index (χ3n) is 6.01. The Morgan fingerprint density at radius 3 is 2.54 bits per heavy atom. The lowest BCUT2D eigenvalue weighted by Gasteiger charge is -2.39. The molecular weight excluding hydrogens is 332 g/mol. The molecule has 0 radical (unpaired) electrons. The van der Waals surface area contributed by atoms with E-state index < -0.39 is 5.54 Å². The number of hydrogen-bond donors (Lipinski definition) is 3. The number of rotatable bonds is 4. The Hall–Kier alpha value is -1.83. The third kappa shape index (κ3) is 3.95. The summed E-state index contributed by atoms with van der Waals surface area (Å²) in [7, 11) is 2.16. The number of hydrogen-bond acceptors (Lipinski definition) is 4. The molecule has 8 heteroatoms. The van der Waals surface area contributed by atoms with Gasteiger partial charge in [0.05, 0.1) is 0 Å². The molecule has 0 aromatic carbocycles. The number of carbonyl (C=O) groups is 2. The predicted molar refractivity (Wildman–Crippen MR) is 101 cm³/mol. The van der Waals surface area contributed by atoms with Crippen molar-refractivity contribution in [3.8, 4) is 0 Å². The molecule has 3 fully saturated rings. The first-order valence-electron chi connectivity index (χ1n) is 9.77. The Bertz CT molecular complexity index is 572. The molecule has 0 aliphatic carbocycles. The zero-order valence-electron chi connectivity index (χ0n) is 16.2. The first-order valence-corrected chi connectivity index (χ1v) is 9.77. The number of nitrogens with one attached hydrogen (secondary N) is 3. The van der Waals surface area contributed by atoms with Gasteiger partial charge < -0.3 is 20.4 Å². The molecule has 3 heterocycles. The van der Waals surface area contributed by atoms with Gasteiger partial charge in [0.15, 0.2) is 5.96 Å². The summed E-state index contributed by atoms with van der Waals surface area (Å²) in [5.41, 5.74) is -0.785. The second-order valence-corrected chi connectivity index (χ2v) is 7.98. The summed E-state index contributed by atoms with van der Waals surface area (Å²) in [5.74, 6) is 1.57. The fraction of sp³-hybridized carbons (Fsp3) is 0.833. The summed E-state index contributed by atoms with van der Waals surface area (Å²) >= 11 is 0. The van der Waals surface area contributed by atoms with Crippen LogP contribution in [-0.4, -0.2) is 79.6 Å². The number of urea groups is 1. The minimum Gasteiger partial charge on any atom is -0.357 e. The van der Waals surface area contributed by atoms with Crippen molar-refractivity contribution in [1.82, 2.24) is 25.8 Å². The smallest absolute Gasteiger partial charge is 0.322 e. The minimum atomic E-state index is -0.785. The highest BCUT2D eigenvalue weighted by Crippen LogP contribution is 2.30. The highest BCUT2D eigenvalue weighted by Gasteiger charge is 2.48. The van der Waals surface area contributed by atoms with Crippen molar-refractivity contribution in [3.05, 3.63) is 0 Å². The molecular formula is C18H32N6O2. The molecule has 0 bridgehead atoms. The monoisotopic (exact) mass is 364 g/mol. The van der Waals surface area contributed by atoms with Crippen LogP contribution in [0.1, 0.15) is 33.1 Å². The Balaban J connectivity index is 1.57. The van der Waals surface area contributed by atoms with E-state index in [0.29, 0.717) is 5.92 Å². The first-order chi connectivity index (χ1) is 12.4. The van der Waals surface area contributed by atoms with Gasteiger partial charge in [-0.3, -0.25) is 15.1 Å². The van der Waals surface area contributed by atoms with Gasteiger partial charge in [0.2, 0.25) is 0 Å². The van der Waals surface area contributed by atoms with Crippen LogP contribution in [-0.2, 0) is 4.79 Å². The Morgan fingerprint density at radius 2 is 2.00 bits per heavy atom. The Morgan fingerprint density at radius 1 is 1.27 bits per heavy atom. The maximum absolute atomic E-state index is 12.2. The van der Waals surface area contributed by atoms with E-state index in [1.807, 2.05) is 6.92 Å². The zero-order chi connectivity index (χ0) is 18.7. The van der Waals surface area contributed by atoms with Crippen molar-refractivity contribution < 1.29 is 9.59 Å². The molecule has 0 saturated carbocycles. The Labute approximate surface area is 155 Å². The van der Waals surface area contributed by atoms with Crippen molar-refractivity contribution in [2.45, 2.75) is 38.6 Å². The van der Waals surface area contributed by atoms with Gasteiger partial charge in [-0.2, -0.15) is 0 Å². The van der Waals surface area contributed by atoms with Crippen LogP contribution < -0.4 is 16.0 Å². The highest BCUT2D eigenvalue weighted by atomic mass is 16.2. The minimum absolute atomic E-state index is 0.150. The molecule has 0 aromatic rings. The summed E-state index contributed by atoms with van der Waals surface area (Å²) in [6.07, 6.45) is 2.94. The summed E-state index contributed by atoms with van der Waals surface area (Å²) < 4.78 is 0. The standard InChI is InChI=1S/C18H32N6O2/c1-4-19-16(20-11-13-5-8-23(3)12-13)24-9-6-14(7-10-24)18(2)15(25)21-17(26)22-18/h13-14H,4-12H2,1-3H3,(H,19,20)(H2,21,22,25,26). The molecule has 3 N–H and O–H groups in total. The maximum Gasteiger partial charge on any atom is 0.322 e. The summed E-state index contributed by atoms with van der Waals surface area (Å²) in [6.45, 7) is 9.61. The molecule has 3 amide bonds. The summed E-state index contributed by atoms with van der Waals surface area (Å²) in [6, 6.07) is -0.378. The van der Waals surface area contributed by atoms with Crippen LogP contribution in [0.3, 0.4) is 0 Å². The van der Waals surface area contributed by atoms with E-state index in [1.54, 1.807) is 0 Å². The largest absolute Gasteiger partial charge is 0.357 e. The fourth-order valence-electron chi connectivity index (χ4n) is 4.33. The van der Waals surface area contributed by atoms with Crippen LogP contribution in [0.4, 0.5) is 4.79 Å². The summed E-state index contributed by atoms with van der Waals surface area (Å²) in [5, 5.41) is 8.60. The SMILES string of the molecule is CCNC(=NCC1CCN(C)C1)N1CCC(C2(C)NC(=O)NC2=O)CC1. The number of nitrogens with zero attached hydrogens (tertiary/aromatic N) is 3. The van der Waals surface area contributed by atoms with Gasteiger partial charge in [0, 0.05) is 32.7 Å². The average molecular weight is 364 g/mol. The topological polar surface area (TPSA) is 89.1 Å². The molecule has 3 aliphatic rings. The van der Waals surface area contributed by atoms with E-state index in [4.69, 9.17) is 4.99 Å². The van der Waals surface area contributed by atoms with Crippen LogP contribution in [0.5, 0.6) is 0 Å². The molecule has 2 atom stereocenters. The van der Waals surface area contributed by atoms with Crippen molar-refractivity contribution in [2.24, 2.45) is 16.8 Å². The van der Waals surface area contributed by atoms with Crippen molar-refractivity contribution in [3.63, 3.8) is 0 Å². The molecule has 3 aliphatic heterocycles. The highest BCUT2D eigenvalue weighted by molar-refractivity contribution is 6.07. The number of carbonyl (C=O) groups excluding carboxylic acids is 2. The molecule has 8 nitrogen and oxygen atoms in total. The second kappa shape index (κ2) is 7.82. The molecule has 2 unspecified atom stereocenters. The van der Waals surface area contributed by atoms with Crippen LogP contribution >= 0.6 is 0 Å². The maximum atomic E-state index is 12.2. The normalized spacial score (nSPS) is 31.3. The molecule has 146 valence electrons. The van der Waals surface area contributed by atoms with Gasteiger partial charge in [-0.05, 0) is 58.5 Å². The van der Waals surface area contributed by atoms with E-state index in [-0.39, 0.29) is 17.9 Å². The third-order valence-corrected chi connectivity index (χ3v) is 6.01. The van der Waals surface area contributed by atoms with Gasteiger partial charge in [0.1, 0.15) is 5.54 Å². The van der Waals surface area contributed by atoms with E-state index in [9.17, 15) is 9.59 Å². The van der Waals surface area contributed by atoms with Crippen LogP contribution in [0.2, 0.25) is 0 Å². The average Bonchev–Trinajstić information content (AvgIpc) is 3.14. The van der Waals surface area contributed by atoms with E-state index >= 15 is 0 Å². The van der Waals surface area contributed by atoms with E-state index in [2.05, 4.69) is 39.7 Å². The van der Waals surface area contributed by atoms with E-state index in [1.165, 1.54) is 6.42 Å². The second-order valence-electron chi connectivity index (χ2n) is 7.98. The lowest BCUT2D eigenvalue weighted by Crippen LogP contribution is -2.55. The van der Waals surface area contributed by atoms with Gasteiger partial charge in [-0.1, -0.05) is 0 Å². The van der Waals surface area contributed by atoms with E-state index in [0.717, 1.165) is 58.1 Å². The number of guanidine groups is 1. The van der Waals surface area contributed by atoms with Gasteiger partial charge in [-0.25, -0.2) is 4.79 Å². The van der Waals surface area contributed by atoms with Gasteiger partial charge >= 0.3 is 6.03 Å². The Kier molecular flexibility index (Phi) is 5.70. The molecule has 3 rings (SSSR count). The van der Waals surface area contributed by atoms with Gasteiger partial charge in [-0.15, -0.1) is 0 Å².